The standard InChI is InChI=1S/C19H22/c1-18(2,3)13-19(4)16-11-7-5-9-14(16)15-10-6-8-12-17(15)19/h5-12H,13H2,1-4H3. The van der Waals surface area contributed by atoms with E-state index in [0.29, 0.717) is 5.41 Å². The topological polar surface area (TPSA) is 0 Å². The maximum Gasteiger partial charge on any atom is 0.0192 e. The van der Waals surface area contributed by atoms with Crippen LogP contribution in [-0.2, 0) is 5.41 Å². The molecule has 0 aliphatic heterocycles. The lowest BCUT2D eigenvalue weighted by Crippen LogP contribution is -2.27. The van der Waals surface area contributed by atoms with Crippen molar-refractivity contribution in [3.63, 3.8) is 0 Å². The largest absolute Gasteiger partial charge is 0.0619 e. The van der Waals surface area contributed by atoms with E-state index in [-0.39, 0.29) is 5.41 Å². The predicted octanol–water partition coefficient (Wildman–Crippen LogP) is 5.41. The number of fused-ring (bicyclic) bond motifs is 3. The van der Waals surface area contributed by atoms with Crippen LogP contribution in [0.5, 0.6) is 0 Å². The summed E-state index contributed by atoms with van der Waals surface area (Å²) in [5.41, 5.74) is 6.29. The van der Waals surface area contributed by atoms with Gasteiger partial charge in [-0.25, -0.2) is 0 Å². The summed E-state index contributed by atoms with van der Waals surface area (Å²) in [4.78, 5) is 0. The van der Waals surface area contributed by atoms with Crippen LogP contribution in [0, 0.1) is 5.41 Å². The fraction of sp³-hybridized carbons (Fsp3) is 0.368. The molecular formula is C19H22. The third-order valence-electron chi connectivity index (χ3n) is 4.22. The molecule has 1 aliphatic carbocycles. The lowest BCUT2D eigenvalue weighted by molar-refractivity contribution is 0.303. The number of hydrogen-bond donors (Lipinski definition) is 0. The van der Waals surface area contributed by atoms with Crippen LogP contribution in [0.4, 0.5) is 0 Å². The smallest absolute Gasteiger partial charge is 0.0192 e. The molecule has 0 amide bonds. The first-order valence-corrected chi connectivity index (χ1v) is 7.11. The third-order valence-corrected chi connectivity index (χ3v) is 4.22. The van der Waals surface area contributed by atoms with Crippen molar-refractivity contribution >= 4 is 0 Å². The molecule has 0 unspecified atom stereocenters. The molecule has 0 radical (unpaired) electrons. The van der Waals surface area contributed by atoms with Crippen molar-refractivity contribution in [2.75, 3.05) is 0 Å². The van der Waals surface area contributed by atoms with Gasteiger partial charge in [0, 0.05) is 5.41 Å². The highest BCUT2D eigenvalue weighted by Gasteiger charge is 2.41. The minimum absolute atomic E-state index is 0.144. The molecule has 19 heavy (non-hydrogen) atoms. The van der Waals surface area contributed by atoms with E-state index in [9.17, 15) is 0 Å². The summed E-state index contributed by atoms with van der Waals surface area (Å²) in [7, 11) is 0. The van der Waals surface area contributed by atoms with Crippen LogP contribution < -0.4 is 0 Å². The van der Waals surface area contributed by atoms with E-state index in [1.54, 1.807) is 0 Å². The second-order valence-corrected chi connectivity index (χ2v) is 7.16. The van der Waals surface area contributed by atoms with E-state index >= 15 is 0 Å². The zero-order chi connectivity index (χ0) is 13.7. The molecule has 0 nitrogen and oxygen atoms in total. The van der Waals surface area contributed by atoms with Crippen LogP contribution in [0.1, 0.15) is 45.2 Å². The Morgan fingerprint density at radius 2 is 1.21 bits per heavy atom. The Bertz CT molecular complexity index is 568. The van der Waals surface area contributed by atoms with E-state index in [1.807, 2.05) is 0 Å². The molecule has 1 aliphatic rings. The van der Waals surface area contributed by atoms with Gasteiger partial charge in [0.1, 0.15) is 0 Å². The normalized spacial score (nSPS) is 16.0. The minimum atomic E-state index is 0.144. The van der Waals surface area contributed by atoms with Crippen molar-refractivity contribution in [1.29, 1.82) is 0 Å². The summed E-state index contributed by atoms with van der Waals surface area (Å²) >= 11 is 0. The summed E-state index contributed by atoms with van der Waals surface area (Å²) in [6, 6.07) is 17.8. The fourth-order valence-corrected chi connectivity index (χ4v) is 3.79. The van der Waals surface area contributed by atoms with Gasteiger partial charge in [0.25, 0.3) is 0 Å². The van der Waals surface area contributed by atoms with Gasteiger partial charge in [0.2, 0.25) is 0 Å². The average molecular weight is 250 g/mol. The van der Waals surface area contributed by atoms with Crippen LogP contribution in [0.3, 0.4) is 0 Å². The molecule has 0 aromatic heterocycles. The molecule has 2 aromatic carbocycles. The number of rotatable bonds is 1. The molecule has 0 spiro atoms. The van der Waals surface area contributed by atoms with E-state index in [2.05, 4.69) is 76.2 Å². The van der Waals surface area contributed by atoms with Gasteiger partial charge >= 0.3 is 0 Å². The summed E-state index contributed by atoms with van der Waals surface area (Å²) in [6.07, 6.45) is 1.17. The first-order chi connectivity index (χ1) is 8.92. The molecule has 2 aromatic rings. The summed E-state index contributed by atoms with van der Waals surface area (Å²) in [5.74, 6) is 0. The molecule has 0 atom stereocenters. The lowest BCUT2D eigenvalue weighted by Gasteiger charge is -2.34. The Hall–Kier alpha value is -1.56. The number of benzene rings is 2. The van der Waals surface area contributed by atoms with Crippen LogP contribution >= 0.6 is 0 Å². The van der Waals surface area contributed by atoms with Crippen LogP contribution in [-0.4, -0.2) is 0 Å². The fourth-order valence-electron chi connectivity index (χ4n) is 3.79. The lowest BCUT2D eigenvalue weighted by atomic mass is 9.69. The second-order valence-electron chi connectivity index (χ2n) is 7.16. The van der Waals surface area contributed by atoms with Gasteiger partial charge in [-0.2, -0.15) is 0 Å². The van der Waals surface area contributed by atoms with E-state index in [1.165, 1.54) is 28.7 Å². The Labute approximate surface area is 116 Å². The van der Waals surface area contributed by atoms with Gasteiger partial charge in [0.05, 0.1) is 0 Å². The molecule has 98 valence electrons. The molecule has 0 N–H and O–H groups in total. The molecule has 0 saturated heterocycles. The van der Waals surface area contributed by atoms with Crippen molar-refractivity contribution in [2.45, 2.75) is 39.5 Å². The van der Waals surface area contributed by atoms with Gasteiger partial charge < -0.3 is 0 Å². The minimum Gasteiger partial charge on any atom is -0.0619 e. The molecule has 0 fully saturated rings. The van der Waals surface area contributed by atoms with E-state index < -0.39 is 0 Å². The van der Waals surface area contributed by atoms with Gasteiger partial charge in [-0.05, 0) is 34.1 Å². The zero-order valence-corrected chi connectivity index (χ0v) is 12.3. The SMILES string of the molecule is CC(C)(C)CC1(C)c2ccccc2-c2ccccc21. The average Bonchev–Trinajstić information content (AvgIpc) is 2.59. The number of hydrogen-bond acceptors (Lipinski definition) is 0. The molecule has 0 bridgehead atoms. The highest BCUT2D eigenvalue weighted by atomic mass is 14.4. The summed E-state index contributed by atoms with van der Waals surface area (Å²) in [6.45, 7) is 9.41. The zero-order valence-electron chi connectivity index (χ0n) is 12.3. The molecule has 0 heteroatoms. The Morgan fingerprint density at radius 1 is 0.789 bits per heavy atom. The predicted molar refractivity (Wildman–Crippen MR) is 82.4 cm³/mol. The van der Waals surface area contributed by atoms with Crippen molar-refractivity contribution in [1.82, 2.24) is 0 Å². The molecule has 0 saturated carbocycles. The first-order valence-electron chi connectivity index (χ1n) is 7.11. The summed E-state index contributed by atoms with van der Waals surface area (Å²) in [5, 5.41) is 0. The maximum atomic E-state index is 2.41. The van der Waals surface area contributed by atoms with Crippen LogP contribution in [0.2, 0.25) is 0 Å². The van der Waals surface area contributed by atoms with Crippen molar-refractivity contribution in [3.8, 4) is 11.1 Å². The summed E-state index contributed by atoms with van der Waals surface area (Å²) < 4.78 is 0. The van der Waals surface area contributed by atoms with Crippen molar-refractivity contribution in [3.05, 3.63) is 59.7 Å². The molecule has 3 rings (SSSR count). The molecular weight excluding hydrogens is 228 g/mol. The van der Waals surface area contributed by atoms with E-state index in [0.717, 1.165) is 0 Å². The van der Waals surface area contributed by atoms with E-state index in [4.69, 9.17) is 0 Å². The van der Waals surface area contributed by atoms with Gasteiger partial charge in [-0.3, -0.25) is 0 Å². The highest BCUT2D eigenvalue weighted by Crippen LogP contribution is 2.52. The van der Waals surface area contributed by atoms with Crippen LogP contribution in [0.25, 0.3) is 11.1 Å². The monoisotopic (exact) mass is 250 g/mol. The van der Waals surface area contributed by atoms with Gasteiger partial charge in [-0.1, -0.05) is 76.2 Å². The highest BCUT2D eigenvalue weighted by molar-refractivity contribution is 5.80. The third kappa shape index (κ3) is 1.90. The quantitative estimate of drug-likeness (QED) is 0.635. The van der Waals surface area contributed by atoms with Gasteiger partial charge in [0.15, 0.2) is 0 Å². The molecule has 0 heterocycles. The second kappa shape index (κ2) is 3.96. The first kappa shape index (κ1) is 12.5. The van der Waals surface area contributed by atoms with Crippen molar-refractivity contribution in [2.24, 2.45) is 5.41 Å². The van der Waals surface area contributed by atoms with Crippen LogP contribution in [0.15, 0.2) is 48.5 Å². The Kier molecular flexibility index (Phi) is 2.60. The Balaban J connectivity index is 2.25. The van der Waals surface area contributed by atoms with Gasteiger partial charge in [-0.15, -0.1) is 0 Å². The Morgan fingerprint density at radius 3 is 1.63 bits per heavy atom. The van der Waals surface area contributed by atoms with Crippen molar-refractivity contribution < 1.29 is 0 Å². The maximum absolute atomic E-state index is 2.41.